The number of fused-ring (bicyclic) bond motifs is 1. The normalized spacial score (nSPS) is 21.3. The van der Waals surface area contributed by atoms with Gasteiger partial charge in [0.25, 0.3) is 0 Å². The number of ether oxygens (including phenoxy) is 1. The first-order chi connectivity index (χ1) is 12.0. The Bertz CT molecular complexity index is 809. The van der Waals surface area contributed by atoms with Crippen molar-refractivity contribution in [3.63, 3.8) is 0 Å². The zero-order chi connectivity index (χ0) is 17.6. The van der Waals surface area contributed by atoms with Crippen LogP contribution in [0.1, 0.15) is 35.1 Å². The second-order valence-electron chi connectivity index (χ2n) is 6.85. The molecular weight excluding hydrogens is 384 g/mol. The Morgan fingerprint density at radius 1 is 1.40 bits per heavy atom. The van der Waals surface area contributed by atoms with Crippen molar-refractivity contribution < 1.29 is 9.53 Å². The molecule has 0 radical (unpaired) electrons. The van der Waals surface area contributed by atoms with Crippen LogP contribution in [0.15, 0.2) is 23.1 Å². The number of anilines is 1. The van der Waals surface area contributed by atoms with E-state index in [-0.39, 0.29) is 5.97 Å². The van der Waals surface area contributed by atoms with Crippen molar-refractivity contribution in [1.29, 1.82) is 0 Å². The van der Waals surface area contributed by atoms with E-state index in [9.17, 15) is 4.79 Å². The number of piperidine rings is 1. The summed E-state index contributed by atoms with van der Waals surface area (Å²) in [6, 6.07) is 2.13. The number of imidazole rings is 1. The van der Waals surface area contributed by atoms with Crippen LogP contribution in [-0.4, -0.2) is 40.2 Å². The Labute approximate surface area is 155 Å². The summed E-state index contributed by atoms with van der Waals surface area (Å²) >= 11 is 3.69. The lowest BCUT2D eigenvalue weighted by atomic mass is 10.2. The van der Waals surface area contributed by atoms with Crippen molar-refractivity contribution >= 4 is 27.7 Å². The topological polar surface area (TPSA) is 60.2 Å². The molecule has 1 saturated carbocycles. The van der Waals surface area contributed by atoms with E-state index in [4.69, 9.17) is 9.72 Å². The number of nitrogens with zero attached hydrogens (tertiary/aromatic N) is 4. The standard InChI is InChI=1S/C18H21BrN4O2/c1-3-25-18(24)16-9-22(10-20-16)6-12-5-15(19)17(21-11(12)2)23-7-13-4-14(13)8-23/h5,9-10,13-14H,3-4,6-8H2,1-2H3. The Morgan fingerprint density at radius 3 is 2.88 bits per heavy atom. The van der Waals surface area contributed by atoms with E-state index in [1.54, 1.807) is 19.4 Å². The molecule has 7 heteroatoms. The average Bonchev–Trinajstić information content (AvgIpc) is 2.98. The molecule has 0 aromatic carbocycles. The zero-order valence-electron chi connectivity index (χ0n) is 14.4. The first-order valence-corrected chi connectivity index (χ1v) is 9.44. The summed E-state index contributed by atoms with van der Waals surface area (Å²) in [6.07, 6.45) is 4.75. The highest BCUT2D eigenvalue weighted by molar-refractivity contribution is 9.10. The fourth-order valence-corrected chi connectivity index (χ4v) is 4.13. The Balaban J connectivity index is 1.51. The highest BCUT2D eigenvalue weighted by Crippen LogP contribution is 2.47. The van der Waals surface area contributed by atoms with Gasteiger partial charge < -0.3 is 14.2 Å². The summed E-state index contributed by atoms with van der Waals surface area (Å²) < 4.78 is 7.89. The molecule has 3 heterocycles. The van der Waals surface area contributed by atoms with Crippen molar-refractivity contribution in [1.82, 2.24) is 14.5 Å². The number of esters is 1. The molecule has 2 aromatic heterocycles. The number of halogens is 1. The molecule has 25 heavy (non-hydrogen) atoms. The van der Waals surface area contributed by atoms with Gasteiger partial charge in [-0.2, -0.15) is 0 Å². The smallest absolute Gasteiger partial charge is 0.358 e. The van der Waals surface area contributed by atoms with E-state index in [1.807, 2.05) is 11.5 Å². The molecule has 1 aliphatic heterocycles. The van der Waals surface area contributed by atoms with Gasteiger partial charge in [0.15, 0.2) is 5.69 Å². The molecule has 2 aromatic rings. The van der Waals surface area contributed by atoms with Gasteiger partial charge in [-0.3, -0.25) is 0 Å². The van der Waals surface area contributed by atoms with Crippen molar-refractivity contribution in [2.75, 3.05) is 24.6 Å². The van der Waals surface area contributed by atoms with E-state index in [1.165, 1.54) is 6.42 Å². The molecule has 0 spiro atoms. The number of rotatable bonds is 5. The van der Waals surface area contributed by atoms with Gasteiger partial charge >= 0.3 is 5.97 Å². The number of carbonyl (C=O) groups excluding carboxylic acids is 1. The predicted molar refractivity (Wildman–Crippen MR) is 97.8 cm³/mol. The summed E-state index contributed by atoms with van der Waals surface area (Å²) in [5.74, 6) is 2.41. The van der Waals surface area contributed by atoms with Crippen molar-refractivity contribution in [3.05, 3.63) is 40.0 Å². The molecule has 0 N–H and O–H groups in total. The van der Waals surface area contributed by atoms with Gasteiger partial charge in [-0.25, -0.2) is 14.8 Å². The number of pyridine rings is 1. The monoisotopic (exact) mass is 404 g/mol. The van der Waals surface area contributed by atoms with Crippen molar-refractivity contribution in [2.45, 2.75) is 26.8 Å². The summed E-state index contributed by atoms with van der Waals surface area (Å²) in [4.78, 5) is 23.1. The summed E-state index contributed by atoms with van der Waals surface area (Å²) in [6.45, 7) is 7.04. The van der Waals surface area contributed by atoms with E-state index >= 15 is 0 Å². The number of hydrogen-bond acceptors (Lipinski definition) is 5. The third kappa shape index (κ3) is 3.29. The predicted octanol–water partition coefficient (Wildman–Crippen LogP) is 3.03. The first kappa shape index (κ1) is 16.6. The van der Waals surface area contributed by atoms with E-state index in [2.05, 4.69) is 31.9 Å². The molecular formula is C18H21BrN4O2. The fourth-order valence-electron chi connectivity index (χ4n) is 3.51. The largest absolute Gasteiger partial charge is 0.461 e. The van der Waals surface area contributed by atoms with E-state index in [0.29, 0.717) is 18.8 Å². The molecule has 4 rings (SSSR count). The lowest BCUT2D eigenvalue weighted by molar-refractivity contribution is 0.0520. The van der Waals surface area contributed by atoms with Crippen LogP contribution in [0.25, 0.3) is 0 Å². The van der Waals surface area contributed by atoms with Gasteiger partial charge in [0, 0.05) is 25.0 Å². The number of hydrogen-bond donors (Lipinski definition) is 0. The van der Waals surface area contributed by atoms with E-state index < -0.39 is 0 Å². The van der Waals surface area contributed by atoms with Crippen LogP contribution in [-0.2, 0) is 11.3 Å². The highest BCUT2D eigenvalue weighted by atomic mass is 79.9. The first-order valence-electron chi connectivity index (χ1n) is 8.65. The molecule has 132 valence electrons. The lowest BCUT2D eigenvalue weighted by Crippen LogP contribution is -2.24. The van der Waals surface area contributed by atoms with Crippen LogP contribution >= 0.6 is 15.9 Å². The van der Waals surface area contributed by atoms with Gasteiger partial charge in [0.2, 0.25) is 0 Å². The van der Waals surface area contributed by atoms with Gasteiger partial charge in [-0.15, -0.1) is 0 Å². The molecule has 0 amide bonds. The van der Waals surface area contributed by atoms with Crippen LogP contribution in [0, 0.1) is 18.8 Å². The van der Waals surface area contributed by atoms with E-state index in [0.717, 1.165) is 46.5 Å². The van der Waals surface area contributed by atoms with Crippen molar-refractivity contribution in [3.8, 4) is 0 Å². The molecule has 6 nitrogen and oxygen atoms in total. The highest BCUT2D eigenvalue weighted by Gasteiger charge is 2.45. The second kappa shape index (κ2) is 6.44. The van der Waals surface area contributed by atoms with Crippen LogP contribution in [0.2, 0.25) is 0 Å². The van der Waals surface area contributed by atoms with Crippen LogP contribution in [0.4, 0.5) is 5.82 Å². The van der Waals surface area contributed by atoms with Crippen molar-refractivity contribution in [2.24, 2.45) is 11.8 Å². The Morgan fingerprint density at radius 2 is 2.16 bits per heavy atom. The molecule has 0 bridgehead atoms. The molecule has 2 unspecified atom stereocenters. The number of carbonyl (C=O) groups is 1. The minimum Gasteiger partial charge on any atom is -0.461 e. The molecule has 1 saturated heterocycles. The number of aryl methyl sites for hydroxylation is 1. The molecule has 1 aliphatic carbocycles. The van der Waals surface area contributed by atoms with Gasteiger partial charge in [0.1, 0.15) is 5.82 Å². The quantitative estimate of drug-likeness (QED) is 0.716. The summed E-state index contributed by atoms with van der Waals surface area (Å²) in [5.41, 5.74) is 2.44. The Kier molecular flexibility index (Phi) is 4.27. The van der Waals surface area contributed by atoms with Gasteiger partial charge in [0.05, 0.1) is 24.0 Å². The second-order valence-corrected chi connectivity index (χ2v) is 7.71. The summed E-state index contributed by atoms with van der Waals surface area (Å²) in [7, 11) is 0. The Hall–Kier alpha value is -1.89. The molecule has 2 atom stereocenters. The van der Waals surface area contributed by atoms with Crippen LogP contribution in [0.3, 0.4) is 0 Å². The maximum Gasteiger partial charge on any atom is 0.358 e. The molecule has 2 fully saturated rings. The lowest BCUT2D eigenvalue weighted by Gasteiger charge is -2.22. The SMILES string of the molecule is CCOC(=O)c1cn(Cc2cc(Br)c(N3CC4CC4C3)nc2C)cn1. The maximum absolute atomic E-state index is 11.7. The van der Waals surface area contributed by atoms with Crippen LogP contribution < -0.4 is 4.90 Å². The maximum atomic E-state index is 11.7. The minimum absolute atomic E-state index is 0.333. The third-order valence-electron chi connectivity index (χ3n) is 5.00. The minimum atomic E-state index is -0.389. The molecule has 2 aliphatic rings. The van der Waals surface area contributed by atoms with Gasteiger partial charge in [-0.1, -0.05) is 0 Å². The average molecular weight is 405 g/mol. The number of aromatic nitrogens is 3. The fraction of sp³-hybridized carbons (Fsp3) is 0.500. The summed E-state index contributed by atoms with van der Waals surface area (Å²) in [5, 5.41) is 0. The zero-order valence-corrected chi connectivity index (χ0v) is 16.0. The third-order valence-corrected chi connectivity index (χ3v) is 5.59. The van der Waals surface area contributed by atoms with Gasteiger partial charge in [-0.05, 0) is 59.7 Å². The van der Waals surface area contributed by atoms with Crippen LogP contribution in [0.5, 0.6) is 0 Å².